The van der Waals surface area contributed by atoms with Crippen molar-refractivity contribution in [2.45, 2.75) is 63.4 Å². The van der Waals surface area contributed by atoms with Crippen molar-refractivity contribution in [1.82, 2.24) is 14.5 Å². The van der Waals surface area contributed by atoms with Crippen molar-refractivity contribution in [2.75, 3.05) is 13.1 Å². The number of aliphatic hydroxyl groups is 1. The first-order valence-corrected chi connectivity index (χ1v) is 13.6. The number of carbonyl (C=O) groups excluding carboxylic acids is 2. The molecule has 3 fully saturated rings. The Morgan fingerprint density at radius 2 is 1.75 bits per heavy atom. The molecule has 1 atom stereocenters. The van der Waals surface area contributed by atoms with E-state index in [9.17, 15) is 14.7 Å². The maximum Gasteiger partial charge on any atom is 0.290 e. The number of carbonyl (C=O) groups is 2. The van der Waals surface area contributed by atoms with Gasteiger partial charge in [0.15, 0.2) is 11.6 Å². The normalized spacial score (nSPS) is 25.2. The van der Waals surface area contributed by atoms with Crippen LogP contribution in [0.4, 0.5) is 0 Å². The third kappa shape index (κ3) is 4.36. The highest BCUT2D eigenvalue weighted by atomic mass is 16.3. The highest BCUT2D eigenvalue weighted by Crippen LogP contribution is 2.43. The van der Waals surface area contributed by atoms with Gasteiger partial charge in [-0.2, -0.15) is 0 Å². The Bertz CT molecular complexity index is 1290. The third-order valence-corrected chi connectivity index (χ3v) is 8.63. The molecule has 2 saturated carbocycles. The van der Waals surface area contributed by atoms with E-state index in [1.54, 1.807) is 4.90 Å². The Kier molecular flexibility index (Phi) is 6.16. The van der Waals surface area contributed by atoms with Gasteiger partial charge < -0.3 is 14.6 Å². The van der Waals surface area contributed by atoms with Crippen LogP contribution in [-0.2, 0) is 11.8 Å². The van der Waals surface area contributed by atoms with Crippen LogP contribution < -0.4 is 0 Å². The van der Waals surface area contributed by atoms with Crippen LogP contribution in [0.3, 0.4) is 0 Å². The molecule has 0 spiro atoms. The van der Waals surface area contributed by atoms with Gasteiger partial charge in [-0.05, 0) is 86.5 Å². The van der Waals surface area contributed by atoms with E-state index >= 15 is 0 Å². The molecule has 2 aromatic carbocycles. The third-order valence-electron chi connectivity index (χ3n) is 8.63. The fourth-order valence-corrected chi connectivity index (χ4v) is 6.36. The van der Waals surface area contributed by atoms with E-state index in [2.05, 4.69) is 24.3 Å². The summed E-state index contributed by atoms with van der Waals surface area (Å²) in [6.45, 7) is 0.739. The number of Topliss-reactive ketones (excluding diaryl/α,β-unsaturated/α-hetero) is 1. The summed E-state index contributed by atoms with van der Waals surface area (Å²) in [5, 5.41) is 9.87. The monoisotopic (exact) mass is 485 g/mol. The fourth-order valence-electron chi connectivity index (χ4n) is 6.36. The zero-order valence-corrected chi connectivity index (χ0v) is 21.0. The van der Waals surface area contributed by atoms with E-state index in [1.165, 1.54) is 18.4 Å². The highest BCUT2D eigenvalue weighted by Gasteiger charge is 2.36. The number of rotatable bonds is 4. The maximum atomic E-state index is 13.8. The largest absolute Gasteiger partial charge is 0.393 e. The van der Waals surface area contributed by atoms with Crippen molar-refractivity contribution in [3.63, 3.8) is 0 Å². The van der Waals surface area contributed by atoms with Crippen molar-refractivity contribution in [1.29, 1.82) is 0 Å². The van der Waals surface area contributed by atoms with Gasteiger partial charge in [0.1, 0.15) is 0 Å². The molecule has 1 aromatic heterocycles. The van der Waals surface area contributed by atoms with Crippen LogP contribution in [0.2, 0.25) is 0 Å². The number of aliphatic hydroxyl groups excluding tert-OH is 1. The van der Waals surface area contributed by atoms with E-state index in [0.717, 1.165) is 60.7 Å². The standard InChI is InChI=1S/C30H35N3O3/c1-32-26-17-22(19-9-10-19)16-25(20-6-3-2-4-7-20)28(26)31-29(32)30(36)33-15-5-8-24(27(35)18-33)21-11-13-23(34)14-12-21/h2-4,6-7,16-17,19,21,23-24,34H,5,8-15,18H2,1H3. The molecule has 3 aromatic rings. The first-order chi connectivity index (χ1) is 17.5. The molecule has 188 valence electrons. The molecule has 1 amide bonds. The van der Waals surface area contributed by atoms with Crippen molar-refractivity contribution >= 4 is 22.7 Å². The SMILES string of the molecule is Cn1c(C(=O)N2CCCC(C3CCC(O)CC3)C(=O)C2)nc2c(-c3ccccc3)cc(C3CC3)cc21. The van der Waals surface area contributed by atoms with Crippen molar-refractivity contribution < 1.29 is 14.7 Å². The number of hydrogen-bond acceptors (Lipinski definition) is 4. The van der Waals surface area contributed by atoms with E-state index in [-0.39, 0.29) is 30.3 Å². The van der Waals surface area contributed by atoms with E-state index in [1.807, 2.05) is 29.8 Å². The number of ketones is 1. The fraction of sp³-hybridized carbons (Fsp3) is 0.500. The maximum absolute atomic E-state index is 13.8. The van der Waals surface area contributed by atoms with Crippen LogP contribution in [-0.4, -0.2) is 50.4 Å². The number of likely N-dealkylation sites (tertiary alicyclic amines) is 1. The summed E-state index contributed by atoms with van der Waals surface area (Å²) in [4.78, 5) is 33.6. The van der Waals surface area contributed by atoms with E-state index in [0.29, 0.717) is 24.2 Å². The van der Waals surface area contributed by atoms with Crippen LogP contribution in [0.1, 0.15) is 73.5 Å². The lowest BCUT2D eigenvalue weighted by atomic mass is 9.75. The van der Waals surface area contributed by atoms with Crippen LogP contribution >= 0.6 is 0 Å². The number of aromatic nitrogens is 2. The predicted molar refractivity (Wildman–Crippen MR) is 140 cm³/mol. The van der Waals surface area contributed by atoms with Crippen LogP contribution in [0.15, 0.2) is 42.5 Å². The minimum absolute atomic E-state index is 0.00141. The Morgan fingerprint density at radius 3 is 2.47 bits per heavy atom. The zero-order valence-electron chi connectivity index (χ0n) is 21.0. The minimum atomic E-state index is -0.223. The van der Waals surface area contributed by atoms with Crippen molar-refractivity contribution in [3.05, 3.63) is 53.9 Å². The van der Waals surface area contributed by atoms with Gasteiger partial charge in [0.2, 0.25) is 0 Å². The van der Waals surface area contributed by atoms with Gasteiger partial charge in [-0.25, -0.2) is 4.98 Å². The average molecular weight is 486 g/mol. The molecule has 2 heterocycles. The summed E-state index contributed by atoms with van der Waals surface area (Å²) in [7, 11) is 1.92. The number of imidazole rings is 1. The summed E-state index contributed by atoms with van der Waals surface area (Å²) in [6.07, 6.45) is 7.22. The van der Waals surface area contributed by atoms with Gasteiger partial charge in [0.05, 0.1) is 23.7 Å². The Hall–Kier alpha value is -2.99. The molecule has 6 nitrogen and oxygen atoms in total. The number of benzene rings is 2. The molecule has 2 aliphatic carbocycles. The Balaban J connectivity index is 1.30. The number of aryl methyl sites for hydroxylation is 1. The van der Waals surface area contributed by atoms with Gasteiger partial charge in [-0.15, -0.1) is 0 Å². The van der Waals surface area contributed by atoms with Crippen molar-refractivity contribution in [2.24, 2.45) is 18.9 Å². The summed E-state index contributed by atoms with van der Waals surface area (Å²) < 4.78 is 1.92. The van der Waals surface area contributed by atoms with Crippen LogP contribution in [0, 0.1) is 11.8 Å². The molecule has 0 radical (unpaired) electrons. The first kappa shape index (κ1) is 23.4. The molecule has 1 aliphatic heterocycles. The smallest absolute Gasteiger partial charge is 0.290 e. The highest BCUT2D eigenvalue weighted by molar-refractivity contribution is 6.01. The molecular weight excluding hydrogens is 450 g/mol. The van der Waals surface area contributed by atoms with Gasteiger partial charge in [-0.3, -0.25) is 9.59 Å². The molecule has 36 heavy (non-hydrogen) atoms. The van der Waals surface area contributed by atoms with Crippen LogP contribution in [0.25, 0.3) is 22.2 Å². The number of nitrogens with zero attached hydrogens (tertiary/aromatic N) is 3. The molecule has 6 heteroatoms. The van der Waals surface area contributed by atoms with Gasteiger partial charge in [0, 0.05) is 25.1 Å². The number of hydrogen-bond donors (Lipinski definition) is 1. The van der Waals surface area contributed by atoms with Gasteiger partial charge in [0.25, 0.3) is 5.91 Å². The lowest BCUT2D eigenvalue weighted by Gasteiger charge is -2.30. The second-order valence-electron chi connectivity index (χ2n) is 11.1. The minimum Gasteiger partial charge on any atom is -0.393 e. The summed E-state index contributed by atoms with van der Waals surface area (Å²) in [5.41, 5.74) is 5.30. The summed E-state index contributed by atoms with van der Waals surface area (Å²) in [5.74, 6) is 1.34. The lowest BCUT2D eigenvalue weighted by molar-refractivity contribution is -0.125. The second-order valence-corrected chi connectivity index (χ2v) is 11.1. The first-order valence-electron chi connectivity index (χ1n) is 13.6. The van der Waals surface area contributed by atoms with Crippen molar-refractivity contribution in [3.8, 4) is 11.1 Å². The van der Waals surface area contributed by atoms with Gasteiger partial charge in [-0.1, -0.05) is 30.3 Å². The molecule has 6 rings (SSSR count). The molecular formula is C30H35N3O3. The number of amides is 1. The zero-order chi connectivity index (χ0) is 24.8. The summed E-state index contributed by atoms with van der Waals surface area (Å²) in [6, 6.07) is 14.7. The Labute approximate surface area is 212 Å². The molecule has 1 unspecified atom stereocenters. The van der Waals surface area contributed by atoms with E-state index < -0.39 is 0 Å². The second kappa shape index (κ2) is 9.47. The Morgan fingerprint density at radius 1 is 1.00 bits per heavy atom. The predicted octanol–water partition coefficient (Wildman–Crippen LogP) is 5.09. The lowest BCUT2D eigenvalue weighted by Crippen LogP contribution is -2.38. The van der Waals surface area contributed by atoms with Gasteiger partial charge >= 0.3 is 0 Å². The number of fused-ring (bicyclic) bond motifs is 1. The quantitative estimate of drug-likeness (QED) is 0.559. The molecule has 3 aliphatic rings. The summed E-state index contributed by atoms with van der Waals surface area (Å²) >= 11 is 0. The average Bonchev–Trinajstić information content (AvgIpc) is 3.71. The topological polar surface area (TPSA) is 75.4 Å². The van der Waals surface area contributed by atoms with E-state index in [4.69, 9.17) is 4.98 Å². The molecule has 1 N–H and O–H groups in total. The van der Waals surface area contributed by atoms with Crippen LogP contribution in [0.5, 0.6) is 0 Å². The molecule has 0 bridgehead atoms. The molecule has 1 saturated heterocycles.